The maximum Gasteiger partial charge on any atom is 0 e. The van der Waals surface area contributed by atoms with Crippen LogP contribution in [0.2, 0.25) is 0 Å². The second kappa shape index (κ2) is 8.82. The van der Waals surface area contributed by atoms with Crippen molar-refractivity contribution in [2.24, 2.45) is 5.84 Å². The Balaban J connectivity index is 0. The van der Waals surface area contributed by atoms with Crippen LogP contribution in [0.25, 0.3) is 0 Å². The van der Waals surface area contributed by atoms with Crippen molar-refractivity contribution in [2.75, 3.05) is 7.05 Å². The first-order chi connectivity index (χ1) is 1.91. The van der Waals surface area contributed by atoms with Gasteiger partial charge in [-0.1, -0.05) is 0 Å². The van der Waals surface area contributed by atoms with Gasteiger partial charge >= 0.3 is 0 Å². The molecule has 0 aliphatic carbocycles. The molecule has 1 radical (unpaired) electrons. The summed E-state index contributed by atoms with van der Waals surface area (Å²) in [6.07, 6.45) is 0. The van der Waals surface area contributed by atoms with Crippen LogP contribution in [0.3, 0.4) is 0 Å². The number of nitrogens with two attached hydrogens (primary N) is 1. The van der Waals surface area contributed by atoms with E-state index < -0.39 is 0 Å². The maximum absolute atomic E-state index is 4.67. The van der Waals surface area contributed by atoms with Gasteiger partial charge in [0.15, 0.2) is 0 Å². The quantitative estimate of drug-likeness (QED) is 0.193. The molecular formula is CH7LiN3. The van der Waals surface area contributed by atoms with Crippen LogP contribution in [0.5, 0.6) is 0 Å². The molecule has 0 atom stereocenters. The first-order valence-corrected chi connectivity index (χ1v) is 1.04. The van der Waals surface area contributed by atoms with Crippen molar-refractivity contribution < 1.29 is 0 Å². The standard InChI is InChI=1S/CH7N3.Li/c1-3-4-2;/h3-4H,2H2,1H3;. The first-order valence-electron chi connectivity index (χ1n) is 1.04. The third-order valence-electron chi connectivity index (χ3n) is 0.144. The Hall–Kier alpha value is 0.477. The van der Waals surface area contributed by atoms with Crippen molar-refractivity contribution in [2.45, 2.75) is 0 Å². The van der Waals surface area contributed by atoms with Crippen molar-refractivity contribution in [3.05, 3.63) is 0 Å². The Morgan fingerprint density at radius 2 is 1.80 bits per heavy atom. The zero-order valence-electron chi connectivity index (χ0n) is 3.58. The number of hydrazine groups is 2. The summed E-state index contributed by atoms with van der Waals surface area (Å²) >= 11 is 0. The van der Waals surface area contributed by atoms with Crippen LogP contribution in [0, 0.1) is 0 Å². The zero-order valence-corrected chi connectivity index (χ0v) is 3.58. The Morgan fingerprint density at radius 1 is 1.60 bits per heavy atom. The normalized spacial score (nSPS) is 6.00. The van der Waals surface area contributed by atoms with Gasteiger partial charge in [0.25, 0.3) is 0 Å². The molecule has 4 heteroatoms. The molecule has 0 aromatic heterocycles. The van der Waals surface area contributed by atoms with E-state index in [0.717, 1.165) is 0 Å². The van der Waals surface area contributed by atoms with Crippen molar-refractivity contribution in [1.82, 2.24) is 11.0 Å². The molecule has 4 N–H and O–H groups in total. The minimum Gasteiger partial charge on any atom is -0.258 e. The molecule has 0 aromatic rings. The van der Waals surface area contributed by atoms with Crippen molar-refractivity contribution in [3.63, 3.8) is 0 Å². The van der Waals surface area contributed by atoms with Gasteiger partial charge in [-0.3, -0.25) is 5.84 Å². The number of hydrogen-bond acceptors (Lipinski definition) is 3. The SMILES string of the molecule is CNNN.[Li]. The number of nitrogens with one attached hydrogen (secondary N) is 2. The topological polar surface area (TPSA) is 50.1 Å². The van der Waals surface area contributed by atoms with Crippen molar-refractivity contribution in [1.29, 1.82) is 0 Å². The molecule has 5 heavy (non-hydrogen) atoms. The fraction of sp³-hybridized carbons (Fsp3) is 1.00. The summed E-state index contributed by atoms with van der Waals surface area (Å²) in [5.74, 6) is 4.67. The van der Waals surface area contributed by atoms with E-state index in [1.54, 1.807) is 7.05 Å². The van der Waals surface area contributed by atoms with Gasteiger partial charge in [-0.2, -0.15) is 5.53 Å². The molecular weight excluding hydrogens is 61.0 g/mol. The second-order valence-electron chi connectivity index (χ2n) is 0.394. The van der Waals surface area contributed by atoms with Crippen LogP contribution in [0.4, 0.5) is 0 Å². The van der Waals surface area contributed by atoms with Gasteiger partial charge in [-0.15, -0.1) is 0 Å². The molecule has 0 aliphatic heterocycles. The Morgan fingerprint density at radius 3 is 1.80 bits per heavy atom. The molecule has 0 spiro atoms. The number of rotatable bonds is 1. The summed E-state index contributed by atoms with van der Waals surface area (Å²) < 4.78 is 0. The van der Waals surface area contributed by atoms with E-state index >= 15 is 0 Å². The van der Waals surface area contributed by atoms with Gasteiger partial charge in [0, 0.05) is 18.9 Å². The molecule has 0 heterocycles. The van der Waals surface area contributed by atoms with E-state index in [-0.39, 0.29) is 18.9 Å². The van der Waals surface area contributed by atoms with E-state index in [9.17, 15) is 0 Å². The van der Waals surface area contributed by atoms with Crippen molar-refractivity contribution in [3.8, 4) is 0 Å². The predicted octanol–water partition coefficient (Wildman–Crippen LogP) is -1.80. The molecule has 0 saturated heterocycles. The summed E-state index contributed by atoms with van der Waals surface area (Å²) in [6.45, 7) is 0. The van der Waals surface area contributed by atoms with Crippen molar-refractivity contribution >= 4 is 18.9 Å². The van der Waals surface area contributed by atoms with Crippen LogP contribution in [0.15, 0.2) is 0 Å². The predicted molar refractivity (Wildman–Crippen MR) is 22.1 cm³/mol. The summed E-state index contributed by atoms with van der Waals surface area (Å²) in [5, 5.41) is 0. The summed E-state index contributed by atoms with van der Waals surface area (Å²) in [6, 6.07) is 0. The molecule has 3 nitrogen and oxygen atoms in total. The molecule has 0 bridgehead atoms. The van der Waals surface area contributed by atoms with Gasteiger partial charge in [0.05, 0.1) is 0 Å². The van der Waals surface area contributed by atoms with Crippen LogP contribution < -0.4 is 16.8 Å². The van der Waals surface area contributed by atoms with Crippen LogP contribution >= 0.6 is 0 Å². The monoisotopic (exact) mass is 68.1 g/mol. The summed E-state index contributed by atoms with van der Waals surface area (Å²) in [7, 11) is 1.69. The molecule has 0 unspecified atom stereocenters. The van der Waals surface area contributed by atoms with Crippen LogP contribution in [-0.4, -0.2) is 25.9 Å². The minimum atomic E-state index is 0. The molecule has 0 aromatic carbocycles. The van der Waals surface area contributed by atoms with Crippen LogP contribution in [0.1, 0.15) is 0 Å². The average Bonchev–Trinajstić information content (AvgIpc) is 1.37. The van der Waals surface area contributed by atoms with Gasteiger partial charge in [0.1, 0.15) is 0 Å². The molecule has 0 saturated carbocycles. The van der Waals surface area contributed by atoms with E-state index in [1.165, 1.54) is 0 Å². The van der Waals surface area contributed by atoms with E-state index in [1.807, 2.05) is 0 Å². The van der Waals surface area contributed by atoms with E-state index in [0.29, 0.717) is 0 Å². The largest absolute Gasteiger partial charge is 0.258 e. The maximum atomic E-state index is 4.67. The minimum absolute atomic E-state index is 0. The average molecular weight is 68.0 g/mol. The van der Waals surface area contributed by atoms with E-state index in [4.69, 9.17) is 0 Å². The van der Waals surface area contributed by atoms with Gasteiger partial charge in [-0.25, -0.2) is 5.43 Å². The molecule has 0 fully saturated rings. The van der Waals surface area contributed by atoms with Gasteiger partial charge < -0.3 is 0 Å². The van der Waals surface area contributed by atoms with Crippen LogP contribution in [-0.2, 0) is 0 Å². The molecule has 0 aliphatic rings. The molecule has 27 valence electrons. The molecule has 0 amide bonds. The summed E-state index contributed by atoms with van der Waals surface area (Å²) in [5.41, 5.74) is 4.64. The Bertz CT molecular complexity index is 8.85. The van der Waals surface area contributed by atoms with Gasteiger partial charge in [-0.05, 0) is 7.05 Å². The van der Waals surface area contributed by atoms with Gasteiger partial charge in [0.2, 0.25) is 0 Å². The number of hydrogen-bond donors (Lipinski definition) is 3. The zero-order chi connectivity index (χ0) is 3.41. The molecule has 0 rings (SSSR count). The third-order valence-corrected chi connectivity index (χ3v) is 0.144. The smallest absolute Gasteiger partial charge is 0 e. The second-order valence-corrected chi connectivity index (χ2v) is 0.394. The Labute approximate surface area is 43.4 Å². The first kappa shape index (κ1) is 9.08. The Kier molecular flexibility index (Phi) is 16.0. The van der Waals surface area contributed by atoms with E-state index in [2.05, 4.69) is 16.8 Å². The third kappa shape index (κ3) is 12.6. The fourth-order valence-electron chi connectivity index (χ4n) is 0. The summed E-state index contributed by atoms with van der Waals surface area (Å²) in [4.78, 5) is 0. The fourth-order valence-corrected chi connectivity index (χ4v) is 0.